The monoisotopic (exact) mass is 286 g/mol. The number of hydrogen-bond acceptors (Lipinski definition) is 3. The smallest absolute Gasteiger partial charge is 0.234 e. The lowest BCUT2D eigenvalue weighted by Gasteiger charge is -2.29. The molecule has 1 aliphatic heterocycles. The summed E-state index contributed by atoms with van der Waals surface area (Å²) in [5.41, 5.74) is 8.10. The summed E-state index contributed by atoms with van der Waals surface area (Å²) in [4.78, 5) is 13.4. The molecule has 1 aliphatic rings. The molecule has 20 heavy (non-hydrogen) atoms. The summed E-state index contributed by atoms with van der Waals surface area (Å²) in [6, 6.07) is 8.32. The zero-order valence-corrected chi connectivity index (χ0v) is 12.3. The van der Waals surface area contributed by atoms with E-state index in [2.05, 4.69) is 40.6 Å². The van der Waals surface area contributed by atoms with Crippen LogP contribution in [0.2, 0.25) is 0 Å². The van der Waals surface area contributed by atoms with Crippen LogP contribution in [0, 0.1) is 0 Å². The normalized spacial score (nSPS) is 17.9. The van der Waals surface area contributed by atoms with Gasteiger partial charge in [0.15, 0.2) is 0 Å². The van der Waals surface area contributed by atoms with Gasteiger partial charge in [-0.05, 0) is 41.3 Å². The van der Waals surface area contributed by atoms with E-state index in [1.165, 1.54) is 21.2 Å². The molecule has 0 spiro atoms. The van der Waals surface area contributed by atoms with E-state index in [9.17, 15) is 4.79 Å². The fourth-order valence-electron chi connectivity index (χ4n) is 2.69. The first-order chi connectivity index (χ1) is 9.66. The lowest BCUT2D eigenvalue weighted by molar-refractivity contribution is -0.122. The van der Waals surface area contributed by atoms with Crippen molar-refractivity contribution in [1.29, 1.82) is 0 Å². The Morgan fingerprint density at radius 1 is 1.40 bits per heavy atom. The Kier molecular flexibility index (Phi) is 3.59. The maximum atomic E-state index is 11.2. The number of thiophene rings is 1. The lowest BCUT2D eigenvalue weighted by atomic mass is 9.98. The van der Waals surface area contributed by atoms with E-state index in [0.717, 1.165) is 19.5 Å². The van der Waals surface area contributed by atoms with Gasteiger partial charge >= 0.3 is 0 Å². The first-order valence-electron chi connectivity index (χ1n) is 6.86. The second-order valence-corrected chi connectivity index (χ2v) is 6.11. The molecule has 1 amide bonds. The predicted molar refractivity (Wildman–Crippen MR) is 84.6 cm³/mol. The molecular formula is C16H18N2OS. The topological polar surface area (TPSA) is 46.3 Å². The van der Waals surface area contributed by atoms with Gasteiger partial charge < -0.3 is 5.73 Å². The maximum absolute atomic E-state index is 11.2. The van der Waals surface area contributed by atoms with E-state index >= 15 is 0 Å². The van der Waals surface area contributed by atoms with Crippen molar-refractivity contribution < 1.29 is 4.79 Å². The maximum Gasteiger partial charge on any atom is 0.234 e. The summed E-state index contributed by atoms with van der Waals surface area (Å²) in [6.45, 7) is 3.56. The Morgan fingerprint density at radius 2 is 2.20 bits per heavy atom. The highest BCUT2D eigenvalue weighted by Crippen LogP contribution is 2.33. The number of carbonyl (C=O) groups is 1. The number of fused-ring (bicyclic) bond motifs is 1. The third-order valence-electron chi connectivity index (χ3n) is 4.03. The SMILES string of the molecule is CC(C(N)=O)N1CC=C(c2csc3ccccc23)CC1. The van der Waals surface area contributed by atoms with Crippen LogP contribution in [0.25, 0.3) is 15.7 Å². The Hall–Kier alpha value is -1.65. The average molecular weight is 286 g/mol. The summed E-state index contributed by atoms with van der Waals surface area (Å²) >= 11 is 1.79. The van der Waals surface area contributed by atoms with Crippen molar-refractivity contribution in [2.75, 3.05) is 13.1 Å². The van der Waals surface area contributed by atoms with Gasteiger partial charge in [-0.2, -0.15) is 0 Å². The molecule has 0 fully saturated rings. The molecule has 0 bridgehead atoms. The summed E-state index contributed by atoms with van der Waals surface area (Å²) in [5, 5.41) is 3.57. The summed E-state index contributed by atoms with van der Waals surface area (Å²) in [7, 11) is 0. The number of amides is 1. The molecular weight excluding hydrogens is 268 g/mol. The molecule has 2 N–H and O–H groups in total. The number of primary amides is 1. The Morgan fingerprint density at radius 3 is 2.90 bits per heavy atom. The third kappa shape index (κ3) is 2.37. The minimum atomic E-state index is -0.247. The third-order valence-corrected chi connectivity index (χ3v) is 4.99. The van der Waals surface area contributed by atoms with E-state index in [1.807, 2.05) is 6.92 Å². The standard InChI is InChI=1S/C16H18N2OS/c1-11(16(17)19)18-8-6-12(7-9-18)14-10-20-15-5-3-2-4-13(14)15/h2-6,10-11H,7-9H2,1H3,(H2,17,19). The molecule has 2 heterocycles. The predicted octanol–water partition coefficient (Wildman–Crippen LogP) is 2.86. The van der Waals surface area contributed by atoms with Crippen molar-refractivity contribution in [3.8, 4) is 0 Å². The van der Waals surface area contributed by atoms with Crippen molar-refractivity contribution in [2.45, 2.75) is 19.4 Å². The number of carbonyl (C=O) groups excluding carboxylic acids is 1. The molecule has 0 saturated heterocycles. The molecule has 1 aromatic heterocycles. The van der Waals surface area contributed by atoms with Crippen LogP contribution >= 0.6 is 11.3 Å². The average Bonchev–Trinajstić information content (AvgIpc) is 2.90. The van der Waals surface area contributed by atoms with E-state index in [-0.39, 0.29) is 11.9 Å². The van der Waals surface area contributed by atoms with Gasteiger partial charge in [0, 0.05) is 17.8 Å². The van der Waals surface area contributed by atoms with Crippen LogP contribution in [-0.4, -0.2) is 29.9 Å². The molecule has 3 rings (SSSR count). The fraction of sp³-hybridized carbons (Fsp3) is 0.312. The summed E-state index contributed by atoms with van der Waals surface area (Å²) < 4.78 is 1.33. The largest absolute Gasteiger partial charge is 0.368 e. The van der Waals surface area contributed by atoms with Crippen LogP contribution in [0.4, 0.5) is 0 Å². The van der Waals surface area contributed by atoms with Gasteiger partial charge in [-0.3, -0.25) is 9.69 Å². The van der Waals surface area contributed by atoms with Crippen LogP contribution in [0.3, 0.4) is 0 Å². The van der Waals surface area contributed by atoms with Crippen molar-refractivity contribution in [3.63, 3.8) is 0 Å². The Labute approximate surface area is 122 Å². The van der Waals surface area contributed by atoms with E-state index < -0.39 is 0 Å². The van der Waals surface area contributed by atoms with E-state index in [4.69, 9.17) is 5.73 Å². The molecule has 3 nitrogen and oxygen atoms in total. The molecule has 0 aliphatic carbocycles. The minimum Gasteiger partial charge on any atom is -0.368 e. The molecule has 104 valence electrons. The lowest BCUT2D eigenvalue weighted by Crippen LogP contribution is -2.44. The number of hydrogen-bond donors (Lipinski definition) is 1. The van der Waals surface area contributed by atoms with Gasteiger partial charge in [-0.15, -0.1) is 11.3 Å². The minimum absolute atomic E-state index is 0.188. The van der Waals surface area contributed by atoms with Crippen LogP contribution in [0.15, 0.2) is 35.7 Å². The quantitative estimate of drug-likeness (QED) is 0.943. The Balaban J connectivity index is 1.85. The first-order valence-corrected chi connectivity index (χ1v) is 7.74. The van der Waals surface area contributed by atoms with Crippen molar-refractivity contribution in [2.24, 2.45) is 5.73 Å². The molecule has 2 aromatic rings. The highest BCUT2D eigenvalue weighted by Gasteiger charge is 2.22. The van der Waals surface area contributed by atoms with E-state index in [1.54, 1.807) is 11.3 Å². The van der Waals surface area contributed by atoms with Gasteiger partial charge in [0.2, 0.25) is 5.91 Å². The van der Waals surface area contributed by atoms with Crippen LogP contribution in [0.5, 0.6) is 0 Å². The van der Waals surface area contributed by atoms with Gasteiger partial charge in [0.25, 0.3) is 0 Å². The molecule has 4 heteroatoms. The van der Waals surface area contributed by atoms with Crippen molar-refractivity contribution >= 4 is 32.9 Å². The number of benzene rings is 1. The van der Waals surface area contributed by atoms with Gasteiger partial charge in [-0.1, -0.05) is 24.3 Å². The van der Waals surface area contributed by atoms with Crippen LogP contribution in [0.1, 0.15) is 18.9 Å². The van der Waals surface area contributed by atoms with Crippen LogP contribution < -0.4 is 5.73 Å². The van der Waals surface area contributed by atoms with Crippen LogP contribution in [-0.2, 0) is 4.79 Å². The van der Waals surface area contributed by atoms with Gasteiger partial charge in [0.05, 0.1) is 6.04 Å². The van der Waals surface area contributed by atoms with Gasteiger partial charge in [0.1, 0.15) is 0 Å². The molecule has 1 unspecified atom stereocenters. The second-order valence-electron chi connectivity index (χ2n) is 5.20. The second kappa shape index (κ2) is 5.38. The number of nitrogens with zero attached hydrogens (tertiary/aromatic N) is 1. The molecule has 0 radical (unpaired) electrons. The number of nitrogens with two attached hydrogens (primary N) is 1. The summed E-state index contributed by atoms with van der Waals surface area (Å²) in [5.74, 6) is -0.247. The zero-order chi connectivity index (χ0) is 14.1. The first kappa shape index (κ1) is 13.3. The molecule has 0 saturated carbocycles. The summed E-state index contributed by atoms with van der Waals surface area (Å²) in [6.07, 6.45) is 3.20. The van der Waals surface area contributed by atoms with E-state index in [0.29, 0.717) is 0 Å². The zero-order valence-electron chi connectivity index (χ0n) is 11.5. The fourth-order valence-corrected chi connectivity index (χ4v) is 3.67. The Bertz CT molecular complexity index is 674. The van der Waals surface area contributed by atoms with Gasteiger partial charge in [-0.25, -0.2) is 0 Å². The highest BCUT2D eigenvalue weighted by molar-refractivity contribution is 7.17. The van der Waals surface area contributed by atoms with Crippen molar-refractivity contribution in [3.05, 3.63) is 41.3 Å². The number of rotatable bonds is 3. The highest BCUT2D eigenvalue weighted by atomic mass is 32.1. The van der Waals surface area contributed by atoms with Crippen molar-refractivity contribution in [1.82, 2.24) is 4.90 Å². The molecule has 1 atom stereocenters. The molecule has 1 aromatic carbocycles.